The van der Waals surface area contributed by atoms with Crippen LogP contribution < -0.4 is 16.0 Å². The standard InChI is InChI=1S/C18H25N3O2.ClH/c1-12(14-3-2-8-19-11-14)9-18(23)20-15-5-6-16-13(10-15)4-7-17(22)21-16;/h5-6,10,12,14,19H,2-4,7-9,11H2,1H3,(H,20,23)(H,21,22);1H. The maximum absolute atomic E-state index is 12.3. The van der Waals surface area contributed by atoms with E-state index in [4.69, 9.17) is 0 Å². The van der Waals surface area contributed by atoms with Crippen LogP contribution in [0.1, 0.15) is 38.2 Å². The van der Waals surface area contributed by atoms with Gasteiger partial charge in [-0.1, -0.05) is 6.92 Å². The van der Waals surface area contributed by atoms with Gasteiger partial charge in [0.1, 0.15) is 0 Å². The Morgan fingerprint density at radius 2 is 2.21 bits per heavy atom. The van der Waals surface area contributed by atoms with Gasteiger partial charge in [0.2, 0.25) is 11.8 Å². The van der Waals surface area contributed by atoms with Gasteiger partial charge in [-0.15, -0.1) is 12.4 Å². The third kappa shape index (κ3) is 4.71. The summed E-state index contributed by atoms with van der Waals surface area (Å²) in [5, 5.41) is 9.27. The third-order valence-corrected chi connectivity index (χ3v) is 4.93. The highest BCUT2D eigenvalue weighted by Crippen LogP contribution is 2.27. The molecule has 24 heavy (non-hydrogen) atoms. The molecule has 0 radical (unpaired) electrons. The van der Waals surface area contributed by atoms with Crippen LogP contribution in [-0.2, 0) is 16.0 Å². The largest absolute Gasteiger partial charge is 0.326 e. The van der Waals surface area contributed by atoms with Crippen LogP contribution in [-0.4, -0.2) is 24.9 Å². The molecule has 2 heterocycles. The number of hydrogen-bond donors (Lipinski definition) is 3. The molecule has 0 spiro atoms. The van der Waals surface area contributed by atoms with Crippen molar-refractivity contribution in [1.82, 2.24) is 5.32 Å². The molecule has 2 amide bonds. The number of carbonyl (C=O) groups excluding carboxylic acids is 2. The summed E-state index contributed by atoms with van der Waals surface area (Å²) in [6.07, 6.45) is 4.21. The minimum Gasteiger partial charge on any atom is -0.326 e. The molecule has 1 fully saturated rings. The number of benzene rings is 1. The SMILES string of the molecule is CC(CC(=O)Nc1ccc2c(c1)CCC(=O)N2)C1CCCNC1.Cl. The normalized spacial score (nSPS) is 21.0. The highest BCUT2D eigenvalue weighted by Gasteiger charge is 2.22. The van der Waals surface area contributed by atoms with E-state index in [2.05, 4.69) is 22.9 Å². The van der Waals surface area contributed by atoms with Crippen LogP contribution >= 0.6 is 12.4 Å². The summed E-state index contributed by atoms with van der Waals surface area (Å²) < 4.78 is 0. The molecule has 2 unspecified atom stereocenters. The van der Waals surface area contributed by atoms with Gasteiger partial charge in [0.25, 0.3) is 0 Å². The van der Waals surface area contributed by atoms with Gasteiger partial charge in [0.15, 0.2) is 0 Å². The molecule has 0 aromatic heterocycles. The Morgan fingerprint density at radius 3 is 2.96 bits per heavy atom. The summed E-state index contributed by atoms with van der Waals surface area (Å²) in [7, 11) is 0. The molecule has 1 saturated heterocycles. The van der Waals surface area contributed by atoms with E-state index in [1.54, 1.807) is 0 Å². The minimum atomic E-state index is 0. The van der Waals surface area contributed by atoms with E-state index < -0.39 is 0 Å². The molecular weight excluding hydrogens is 326 g/mol. The van der Waals surface area contributed by atoms with E-state index >= 15 is 0 Å². The van der Waals surface area contributed by atoms with Crippen LogP contribution in [0.3, 0.4) is 0 Å². The highest BCUT2D eigenvalue weighted by molar-refractivity contribution is 5.95. The zero-order chi connectivity index (χ0) is 16.2. The first-order valence-electron chi connectivity index (χ1n) is 8.55. The van der Waals surface area contributed by atoms with Gasteiger partial charge < -0.3 is 16.0 Å². The Balaban J connectivity index is 0.00000208. The fourth-order valence-electron chi connectivity index (χ4n) is 3.50. The van der Waals surface area contributed by atoms with Gasteiger partial charge in [0.05, 0.1) is 0 Å². The van der Waals surface area contributed by atoms with Crippen LogP contribution in [0.5, 0.6) is 0 Å². The van der Waals surface area contributed by atoms with Gasteiger partial charge in [-0.3, -0.25) is 9.59 Å². The van der Waals surface area contributed by atoms with Crippen molar-refractivity contribution in [1.29, 1.82) is 0 Å². The number of rotatable bonds is 4. The van der Waals surface area contributed by atoms with Gasteiger partial charge in [-0.2, -0.15) is 0 Å². The Morgan fingerprint density at radius 1 is 1.38 bits per heavy atom. The fourth-order valence-corrected chi connectivity index (χ4v) is 3.50. The van der Waals surface area contributed by atoms with E-state index in [1.165, 1.54) is 12.8 Å². The molecule has 2 atom stereocenters. The van der Waals surface area contributed by atoms with Gasteiger partial charge in [-0.25, -0.2) is 0 Å². The van der Waals surface area contributed by atoms with Gasteiger partial charge in [-0.05, 0) is 68.0 Å². The molecule has 3 N–H and O–H groups in total. The first kappa shape index (κ1) is 18.7. The average molecular weight is 352 g/mol. The lowest BCUT2D eigenvalue weighted by molar-refractivity contribution is -0.117. The molecule has 6 heteroatoms. The zero-order valence-electron chi connectivity index (χ0n) is 14.1. The lowest BCUT2D eigenvalue weighted by atomic mass is 9.85. The number of carbonyl (C=O) groups is 2. The Hall–Kier alpha value is -1.59. The van der Waals surface area contributed by atoms with E-state index in [0.717, 1.165) is 36.4 Å². The Labute approximate surface area is 149 Å². The van der Waals surface area contributed by atoms with Gasteiger partial charge in [0, 0.05) is 24.2 Å². The highest BCUT2D eigenvalue weighted by atomic mass is 35.5. The van der Waals surface area contributed by atoms with Crippen molar-refractivity contribution in [2.75, 3.05) is 23.7 Å². The predicted molar refractivity (Wildman–Crippen MR) is 98.6 cm³/mol. The lowest BCUT2D eigenvalue weighted by Gasteiger charge is -2.28. The van der Waals surface area contributed by atoms with Crippen molar-refractivity contribution in [3.05, 3.63) is 23.8 Å². The number of aryl methyl sites for hydroxylation is 1. The van der Waals surface area contributed by atoms with Crippen LogP contribution in [0, 0.1) is 11.8 Å². The zero-order valence-corrected chi connectivity index (χ0v) is 14.9. The van der Waals surface area contributed by atoms with Crippen molar-refractivity contribution in [2.45, 2.75) is 39.0 Å². The summed E-state index contributed by atoms with van der Waals surface area (Å²) in [4.78, 5) is 23.7. The summed E-state index contributed by atoms with van der Waals surface area (Å²) in [6.45, 7) is 4.29. The molecule has 1 aromatic rings. The van der Waals surface area contributed by atoms with E-state index in [1.807, 2.05) is 18.2 Å². The van der Waals surface area contributed by atoms with E-state index in [0.29, 0.717) is 24.7 Å². The van der Waals surface area contributed by atoms with E-state index in [-0.39, 0.29) is 24.2 Å². The quantitative estimate of drug-likeness (QED) is 0.781. The first-order valence-corrected chi connectivity index (χ1v) is 8.55. The number of halogens is 1. The number of amides is 2. The molecule has 0 saturated carbocycles. The van der Waals surface area contributed by atoms with Crippen molar-refractivity contribution in [3.63, 3.8) is 0 Å². The minimum absolute atomic E-state index is 0. The van der Waals surface area contributed by atoms with Crippen LogP contribution in [0.2, 0.25) is 0 Å². The van der Waals surface area contributed by atoms with E-state index in [9.17, 15) is 9.59 Å². The molecule has 0 bridgehead atoms. The maximum atomic E-state index is 12.3. The van der Waals surface area contributed by atoms with Gasteiger partial charge >= 0.3 is 0 Å². The number of nitrogens with one attached hydrogen (secondary N) is 3. The Kier molecular flexibility index (Phi) is 6.63. The molecule has 5 nitrogen and oxygen atoms in total. The topological polar surface area (TPSA) is 70.2 Å². The lowest BCUT2D eigenvalue weighted by Crippen LogP contribution is -2.34. The second-order valence-corrected chi connectivity index (χ2v) is 6.76. The Bertz CT molecular complexity index is 600. The smallest absolute Gasteiger partial charge is 0.224 e. The first-order chi connectivity index (χ1) is 11.1. The third-order valence-electron chi connectivity index (χ3n) is 4.93. The van der Waals surface area contributed by atoms with Crippen LogP contribution in [0.25, 0.3) is 0 Å². The summed E-state index contributed by atoms with van der Waals surface area (Å²) in [5.41, 5.74) is 2.77. The molecule has 0 aliphatic carbocycles. The summed E-state index contributed by atoms with van der Waals surface area (Å²) >= 11 is 0. The van der Waals surface area contributed by atoms with Crippen LogP contribution in [0.15, 0.2) is 18.2 Å². The van der Waals surface area contributed by atoms with Crippen LogP contribution in [0.4, 0.5) is 11.4 Å². The summed E-state index contributed by atoms with van der Waals surface area (Å²) in [6, 6.07) is 5.70. The summed E-state index contributed by atoms with van der Waals surface area (Å²) in [5.74, 6) is 1.11. The molecular formula is C18H26ClN3O2. The number of piperidine rings is 1. The fraction of sp³-hybridized carbons (Fsp3) is 0.556. The van der Waals surface area contributed by atoms with Crippen molar-refractivity contribution >= 4 is 35.6 Å². The number of hydrogen-bond acceptors (Lipinski definition) is 3. The monoisotopic (exact) mass is 351 g/mol. The number of anilines is 2. The maximum Gasteiger partial charge on any atom is 0.224 e. The molecule has 2 aliphatic heterocycles. The predicted octanol–water partition coefficient (Wildman–Crippen LogP) is 2.96. The van der Waals surface area contributed by atoms with Crippen molar-refractivity contribution in [2.24, 2.45) is 11.8 Å². The van der Waals surface area contributed by atoms with Crippen molar-refractivity contribution in [3.8, 4) is 0 Å². The molecule has 3 rings (SSSR count). The molecule has 132 valence electrons. The number of fused-ring (bicyclic) bond motifs is 1. The molecule has 2 aliphatic rings. The second kappa shape index (κ2) is 8.49. The van der Waals surface area contributed by atoms with Crippen molar-refractivity contribution < 1.29 is 9.59 Å². The average Bonchev–Trinajstić information content (AvgIpc) is 2.55. The molecule has 1 aromatic carbocycles. The second-order valence-electron chi connectivity index (χ2n) is 6.76.